The van der Waals surface area contributed by atoms with Crippen LogP contribution in [0.4, 0.5) is 0 Å². The summed E-state index contributed by atoms with van der Waals surface area (Å²) in [4.78, 5) is 0. The minimum absolute atomic E-state index is 0.390. The lowest BCUT2D eigenvalue weighted by atomic mass is 9.94. The van der Waals surface area contributed by atoms with E-state index in [9.17, 15) is 0 Å². The number of methoxy groups -OCH3 is 1. The molecule has 0 aliphatic carbocycles. The summed E-state index contributed by atoms with van der Waals surface area (Å²) in [5, 5.41) is 4.39. The fourth-order valence-electron chi connectivity index (χ4n) is 2.57. The van der Waals surface area contributed by atoms with Crippen LogP contribution in [-0.4, -0.2) is 23.4 Å². The van der Waals surface area contributed by atoms with Crippen LogP contribution >= 0.6 is 0 Å². The van der Waals surface area contributed by atoms with Gasteiger partial charge in [-0.25, -0.2) is 0 Å². The molecule has 0 aliphatic rings. The Bertz CT molecular complexity index is 563. The van der Waals surface area contributed by atoms with E-state index in [1.54, 1.807) is 7.11 Å². The van der Waals surface area contributed by atoms with Crippen molar-refractivity contribution in [2.75, 3.05) is 13.7 Å². The number of aromatic nitrogens is 2. The average Bonchev–Trinajstić information content (AvgIpc) is 2.76. The van der Waals surface area contributed by atoms with Crippen LogP contribution in [0.1, 0.15) is 17.0 Å². The smallest absolute Gasteiger partial charge is 0.122 e. The van der Waals surface area contributed by atoms with Crippen LogP contribution in [0.5, 0.6) is 5.75 Å². The number of rotatable bonds is 6. The summed E-state index contributed by atoms with van der Waals surface area (Å²) < 4.78 is 7.36. The molecule has 0 amide bonds. The Morgan fingerprint density at radius 3 is 2.65 bits per heavy atom. The third kappa shape index (κ3) is 3.39. The van der Waals surface area contributed by atoms with Gasteiger partial charge in [-0.1, -0.05) is 18.2 Å². The van der Waals surface area contributed by atoms with Crippen LogP contribution in [0.15, 0.2) is 30.3 Å². The highest BCUT2D eigenvalue weighted by Crippen LogP contribution is 2.22. The van der Waals surface area contributed by atoms with E-state index in [1.165, 1.54) is 11.3 Å². The highest BCUT2D eigenvalue weighted by molar-refractivity contribution is 5.33. The average molecular weight is 273 g/mol. The van der Waals surface area contributed by atoms with Crippen molar-refractivity contribution in [1.82, 2.24) is 9.78 Å². The molecule has 0 spiro atoms. The zero-order chi connectivity index (χ0) is 14.5. The van der Waals surface area contributed by atoms with Crippen LogP contribution in [0.25, 0.3) is 0 Å². The summed E-state index contributed by atoms with van der Waals surface area (Å²) in [7, 11) is 3.69. The van der Waals surface area contributed by atoms with E-state index >= 15 is 0 Å². The quantitative estimate of drug-likeness (QED) is 0.877. The molecule has 1 atom stereocenters. The Labute approximate surface area is 120 Å². The highest BCUT2D eigenvalue weighted by atomic mass is 16.5. The second-order valence-electron chi connectivity index (χ2n) is 5.22. The van der Waals surface area contributed by atoms with Crippen molar-refractivity contribution in [3.8, 4) is 5.75 Å². The molecule has 0 aliphatic heterocycles. The van der Waals surface area contributed by atoms with Crippen molar-refractivity contribution in [2.45, 2.75) is 19.8 Å². The maximum Gasteiger partial charge on any atom is 0.122 e. The van der Waals surface area contributed by atoms with Gasteiger partial charge in [0.25, 0.3) is 0 Å². The van der Waals surface area contributed by atoms with Gasteiger partial charge in [0, 0.05) is 12.7 Å². The molecule has 4 nitrogen and oxygen atoms in total. The van der Waals surface area contributed by atoms with E-state index in [0.29, 0.717) is 12.5 Å². The number of nitrogens with zero attached hydrogens (tertiary/aromatic N) is 2. The molecule has 20 heavy (non-hydrogen) atoms. The third-order valence-electron chi connectivity index (χ3n) is 3.63. The molecule has 4 heteroatoms. The molecule has 2 N–H and O–H groups in total. The molecule has 0 saturated carbocycles. The molecule has 0 bridgehead atoms. The first kappa shape index (κ1) is 14.6. The number of ether oxygens (including phenoxy) is 1. The van der Waals surface area contributed by atoms with Crippen molar-refractivity contribution in [2.24, 2.45) is 18.7 Å². The first-order valence-corrected chi connectivity index (χ1v) is 6.95. The molecule has 1 aromatic carbocycles. The summed E-state index contributed by atoms with van der Waals surface area (Å²) in [5.74, 6) is 1.33. The third-order valence-corrected chi connectivity index (χ3v) is 3.63. The number of para-hydroxylation sites is 1. The number of hydrogen-bond acceptors (Lipinski definition) is 3. The second kappa shape index (κ2) is 6.57. The Hall–Kier alpha value is -1.81. The topological polar surface area (TPSA) is 53.1 Å². The molecule has 0 radical (unpaired) electrons. The van der Waals surface area contributed by atoms with E-state index in [2.05, 4.69) is 17.2 Å². The fourth-order valence-corrected chi connectivity index (χ4v) is 2.57. The monoisotopic (exact) mass is 273 g/mol. The van der Waals surface area contributed by atoms with E-state index in [1.807, 2.05) is 36.9 Å². The predicted molar refractivity (Wildman–Crippen MR) is 80.9 cm³/mol. The van der Waals surface area contributed by atoms with Gasteiger partial charge in [-0.05, 0) is 49.9 Å². The van der Waals surface area contributed by atoms with Gasteiger partial charge < -0.3 is 10.5 Å². The Morgan fingerprint density at radius 2 is 2.05 bits per heavy atom. The number of benzene rings is 1. The van der Waals surface area contributed by atoms with Crippen LogP contribution in [0.2, 0.25) is 0 Å². The van der Waals surface area contributed by atoms with Crippen LogP contribution in [-0.2, 0) is 19.9 Å². The molecule has 0 fully saturated rings. The number of aryl methyl sites for hydroxylation is 2. The standard InChI is InChI=1S/C16H23N3O/c1-12-8-15(19(2)18-12)10-13(11-17)9-14-6-4-5-7-16(14)20-3/h4-8,13H,9-11,17H2,1-3H3. The van der Waals surface area contributed by atoms with E-state index in [-0.39, 0.29) is 0 Å². The Balaban J connectivity index is 2.11. The highest BCUT2D eigenvalue weighted by Gasteiger charge is 2.14. The minimum atomic E-state index is 0.390. The Morgan fingerprint density at radius 1 is 1.30 bits per heavy atom. The summed E-state index contributed by atoms with van der Waals surface area (Å²) in [6.45, 7) is 2.67. The van der Waals surface area contributed by atoms with E-state index in [0.717, 1.165) is 24.3 Å². The van der Waals surface area contributed by atoms with Crippen molar-refractivity contribution in [3.05, 3.63) is 47.3 Å². The van der Waals surface area contributed by atoms with Gasteiger partial charge in [0.1, 0.15) is 5.75 Å². The Kier molecular flexibility index (Phi) is 4.79. The number of nitrogens with two attached hydrogens (primary N) is 1. The van der Waals surface area contributed by atoms with E-state index < -0.39 is 0 Å². The molecule has 2 aromatic rings. The largest absolute Gasteiger partial charge is 0.496 e. The fraction of sp³-hybridized carbons (Fsp3) is 0.438. The van der Waals surface area contributed by atoms with E-state index in [4.69, 9.17) is 10.5 Å². The second-order valence-corrected chi connectivity index (χ2v) is 5.22. The van der Waals surface area contributed by atoms with Gasteiger partial charge >= 0.3 is 0 Å². The first-order valence-electron chi connectivity index (χ1n) is 6.95. The first-order chi connectivity index (χ1) is 9.63. The van der Waals surface area contributed by atoms with Crippen LogP contribution in [0, 0.1) is 12.8 Å². The molecule has 2 rings (SSSR count). The minimum Gasteiger partial charge on any atom is -0.496 e. The molecule has 1 heterocycles. The predicted octanol–water partition coefficient (Wildman–Crippen LogP) is 2.10. The van der Waals surface area contributed by atoms with Crippen molar-refractivity contribution in [3.63, 3.8) is 0 Å². The molecule has 1 unspecified atom stereocenters. The van der Waals surface area contributed by atoms with Gasteiger partial charge in [0.2, 0.25) is 0 Å². The van der Waals surface area contributed by atoms with Gasteiger partial charge in [-0.3, -0.25) is 4.68 Å². The molecule has 0 saturated heterocycles. The SMILES string of the molecule is COc1ccccc1CC(CN)Cc1cc(C)nn1C. The zero-order valence-corrected chi connectivity index (χ0v) is 12.5. The normalized spacial score (nSPS) is 12.4. The lowest BCUT2D eigenvalue weighted by Gasteiger charge is -2.16. The molecular weight excluding hydrogens is 250 g/mol. The lowest BCUT2D eigenvalue weighted by molar-refractivity contribution is 0.403. The van der Waals surface area contributed by atoms with Crippen molar-refractivity contribution in [1.29, 1.82) is 0 Å². The maximum absolute atomic E-state index is 5.95. The van der Waals surface area contributed by atoms with Crippen molar-refractivity contribution >= 4 is 0 Å². The summed E-state index contributed by atoms with van der Waals surface area (Å²) >= 11 is 0. The zero-order valence-electron chi connectivity index (χ0n) is 12.5. The van der Waals surface area contributed by atoms with Crippen LogP contribution < -0.4 is 10.5 Å². The van der Waals surface area contributed by atoms with Gasteiger partial charge in [0.05, 0.1) is 12.8 Å². The molecular formula is C16H23N3O. The maximum atomic E-state index is 5.95. The summed E-state index contributed by atoms with van der Waals surface area (Å²) in [6.07, 6.45) is 1.86. The summed E-state index contributed by atoms with van der Waals surface area (Å²) in [5.41, 5.74) is 9.44. The van der Waals surface area contributed by atoms with Crippen LogP contribution in [0.3, 0.4) is 0 Å². The number of hydrogen-bond donors (Lipinski definition) is 1. The van der Waals surface area contributed by atoms with Gasteiger partial charge in [0.15, 0.2) is 0 Å². The molecule has 108 valence electrons. The molecule has 1 aromatic heterocycles. The van der Waals surface area contributed by atoms with Gasteiger partial charge in [-0.2, -0.15) is 5.10 Å². The van der Waals surface area contributed by atoms with Gasteiger partial charge in [-0.15, -0.1) is 0 Å². The lowest BCUT2D eigenvalue weighted by Crippen LogP contribution is -2.21. The van der Waals surface area contributed by atoms with Crippen molar-refractivity contribution < 1.29 is 4.74 Å². The summed E-state index contributed by atoms with van der Waals surface area (Å²) in [6, 6.07) is 10.3.